The molecule has 1 aliphatic heterocycles. The van der Waals surface area contributed by atoms with E-state index in [-0.39, 0.29) is 48.3 Å². The number of rotatable bonds is 7. The van der Waals surface area contributed by atoms with Gasteiger partial charge < -0.3 is 19.9 Å². The lowest BCUT2D eigenvalue weighted by Crippen LogP contribution is -2.49. The topological polar surface area (TPSA) is 101 Å². The number of carbonyl (C=O) groups excluding carboxylic acids is 1. The number of halogens is 4. The van der Waals surface area contributed by atoms with Crippen LogP contribution in [-0.4, -0.2) is 67.3 Å². The van der Waals surface area contributed by atoms with Crippen LogP contribution in [0, 0.1) is 5.82 Å². The van der Waals surface area contributed by atoms with Gasteiger partial charge in [-0.25, -0.2) is 17.6 Å². The number of H-pyrrole nitrogens is 1. The molecule has 0 bridgehead atoms. The number of fused-ring (bicyclic) bond motifs is 1. The predicted molar refractivity (Wildman–Crippen MR) is 106 cm³/mol. The number of hydrogen-bond donors (Lipinski definition) is 2. The van der Waals surface area contributed by atoms with Gasteiger partial charge in [0.25, 0.3) is 6.43 Å². The van der Waals surface area contributed by atoms with Gasteiger partial charge in [0, 0.05) is 18.9 Å². The maximum atomic E-state index is 14.5. The number of carbonyl (C=O) groups is 1. The summed E-state index contributed by atoms with van der Waals surface area (Å²) in [7, 11) is 0. The molecule has 32 heavy (non-hydrogen) atoms. The van der Waals surface area contributed by atoms with Gasteiger partial charge in [0.05, 0.1) is 18.4 Å². The molecule has 0 saturated carbocycles. The summed E-state index contributed by atoms with van der Waals surface area (Å²) in [5.41, 5.74) is 0.395. The van der Waals surface area contributed by atoms with Crippen LogP contribution >= 0.6 is 0 Å². The average Bonchev–Trinajstić information content (AvgIpc) is 3.34. The molecule has 2 N–H and O–H groups in total. The highest BCUT2D eigenvalue weighted by molar-refractivity contribution is 5.87. The second kappa shape index (κ2) is 8.85. The van der Waals surface area contributed by atoms with Crippen LogP contribution in [0.1, 0.15) is 6.42 Å². The normalized spacial score (nSPS) is 18.8. The van der Waals surface area contributed by atoms with E-state index in [0.717, 1.165) is 17.0 Å². The number of anilines is 2. The molecule has 1 saturated heterocycles. The third kappa shape index (κ3) is 4.50. The number of ether oxygens (including phenoxy) is 1. The fourth-order valence-electron chi connectivity index (χ4n) is 3.38. The summed E-state index contributed by atoms with van der Waals surface area (Å²) in [6, 6.07) is 0. The van der Waals surface area contributed by atoms with Gasteiger partial charge in [-0.2, -0.15) is 15.1 Å². The number of alkyl halides is 3. The van der Waals surface area contributed by atoms with E-state index in [4.69, 9.17) is 4.74 Å². The van der Waals surface area contributed by atoms with Gasteiger partial charge in [0.2, 0.25) is 17.7 Å². The van der Waals surface area contributed by atoms with Gasteiger partial charge in [0.15, 0.2) is 5.82 Å². The zero-order valence-electron chi connectivity index (χ0n) is 16.6. The first-order chi connectivity index (χ1) is 15.3. The minimum absolute atomic E-state index is 0.0442. The quantitative estimate of drug-likeness (QED) is 0.422. The molecular weight excluding hydrogens is 434 g/mol. The number of nitrogens with one attached hydrogen (secondary N) is 2. The molecule has 9 nitrogen and oxygen atoms in total. The Bertz CT molecular complexity index is 1130. The maximum Gasteiger partial charge on any atom is 0.257 e. The molecule has 4 rings (SSSR count). The zero-order valence-corrected chi connectivity index (χ0v) is 16.6. The monoisotopic (exact) mass is 453 g/mol. The first-order valence-electron chi connectivity index (χ1n) is 9.68. The van der Waals surface area contributed by atoms with Crippen molar-refractivity contribution < 1.29 is 27.1 Å². The predicted octanol–water partition coefficient (Wildman–Crippen LogP) is 2.81. The number of piperidine rings is 1. The van der Waals surface area contributed by atoms with E-state index in [1.807, 2.05) is 0 Å². The van der Waals surface area contributed by atoms with Crippen LogP contribution in [0.5, 0.6) is 5.88 Å². The number of nitrogens with zero attached hydrogens (tertiary/aromatic N) is 5. The Hall–Kier alpha value is -3.64. The van der Waals surface area contributed by atoms with E-state index in [1.54, 1.807) is 0 Å². The Kier molecular flexibility index (Phi) is 5.97. The van der Waals surface area contributed by atoms with Crippen LogP contribution in [-0.2, 0) is 11.3 Å². The lowest BCUT2D eigenvalue weighted by molar-refractivity contribution is -0.130. The van der Waals surface area contributed by atoms with Crippen molar-refractivity contribution in [1.82, 2.24) is 29.6 Å². The van der Waals surface area contributed by atoms with Crippen LogP contribution in [0.15, 0.2) is 31.2 Å². The summed E-state index contributed by atoms with van der Waals surface area (Å²) >= 11 is 0. The molecule has 1 amide bonds. The Labute approximate surface area is 179 Å². The number of amides is 1. The maximum absolute atomic E-state index is 14.5. The smallest absolute Gasteiger partial charge is 0.257 e. The summed E-state index contributed by atoms with van der Waals surface area (Å²) in [6.07, 6.45) is -0.215. The van der Waals surface area contributed by atoms with Crippen molar-refractivity contribution in [3.05, 3.63) is 37.1 Å². The van der Waals surface area contributed by atoms with Gasteiger partial charge >= 0.3 is 0 Å². The molecule has 0 radical (unpaired) electrons. The minimum Gasteiger partial charge on any atom is -0.469 e. The number of aromatic amines is 1. The van der Waals surface area contributed by atoms with Crippen molar-refractivity contribution in [2.24, 2.45) is 0 Å². The van der Waals surface area contributed by atoms with E-state index in [0.29, 0.717) is 5.69 Å². The molecule has 0 aliphatic carbocycles. The van der Waals surface area contributed by atoms with Crippen molar-refractivity contribution in [3.8, 4) is 5.88 Å². The van der Waals surface area contributed by atoms with Gasteiger partial charge in [-0.15, -0.1) is 0 Å². The second-order valence-corrected chi connectivity index (χ2v) is 7.13. The molecule has 2 atom stereocenters. The highest BCUT2D eigenvalue weighted by Gasteiger charge is 2.33. The van der Waals surface area contributed by atoms with Crippen molar-refractivity contribution in [3.63, 3.8) is 0 Å². The summed E-state index contributed by atoms with van der Waals surface area (Å²) in [4.78, 5) is 24.2. The van der Waals surface area contributed by atoms with Crippen LogP contribution in [0.3, 0.4) is 0 Å². The third-order valence-electron chi connectivity index (χ3n) is 4.89. The lowest BCUT2D eigenvalue weighted by atomic mass is 10.1. The summed E-state index contributed by atoms with van der Waals surface area (Å²) in [5, 5.41) is 6.50. The highest BCUT2D eigenvalue weighted by Crippen LogP contribution is 2.30. The molecule has 0 unspecified atom stereocenters. The molecule has 1 fully saturated rings. The highest BCUT2D eigenvalue weighted by atomic mass is 19.3. The van der Waals surface area contributed by atoms with Crippen LogP contribution in [0.25, 0.3) is 11.0 Å². The fourth-order valence-corrected chi connectivity index (χ4v) is 3.38. The standard InChI is InChI=1S/C19H19F4N7O2/c1-2-15(31)29-4-3-11(20)13(8-29)32-18-16-12(21)6-24-17(16)27-19(28-18)26-10-5-25-30(7-10)9-14(22)23/h2,5-7,11,13-14H,1,3-4,8-9H2,(H2,24,26,27,28)/t11-,13+/m0/s1. The van der Waals surface area contributed by atoms with Gasteiger partial charge in [-0.05, 0) is 12.5 Å². The van der Waals surface area contributed by atoms with Crippen LogP contribution in [0.2, 0.25) is 0 Å². The first-order valence-corrected chi connectivity index (χ1v) is 9.68. The fraction of sp³-hybridized carbons (Fsp3) is 0.368. The van der Waals surface area contributed by atoms with E-state index >= 15 is 0 Å². The largest absolute Gasteiger partial charge is 0.469 e. The Morgan fingerprint density at radius 1 is 1.44 bits per heavy atom. The summed E-state index contributed by atoms with van der Waals surface area (Å²) < 4.78 is 60.6. The average molecular weight is 453 g/mol. The molecule has 0 aromatic carbocycles. The summed E-state index contributed by atoms with van der Waals surface area (Å²) in [6.45, 7) is 2.98. The third-order valence-corrected chi connectivity index (χ3v) is 4.89. The van der Waals surface area contributed by atoms with Gasteiger partial charge in [-0.3, -0.25) is 9.48 Å². The second-order valence-electron chi connectivity index (χ2n) is 7.13. The Balaban J connectivity index is 1.60. The van der Waals surface area contributed by atoms with Gasteiger partial charge in [-0.1, -0.05) is 6.58 Å². The minimum atomic E-state index is -2.58. The zero-order chi connectivity index (χ0) is 22.8. The van der Waals surface area contributed by atoms with Crippen LogP contribution in [0.4, 0.5) is 29.2 Å². The summed E-state index contributed by atoms with van der Waals surface area (Å²) in [5.74, 6) is -1.33. The van der Waals surface area contributed by atoms with E-state index in [1.165, 1.54) is 17.3 Å². The molecular formula is C19H19F4N7O2. The SMILES string of the molecule is C=CC(=O)N1CC[C@H](F)[C@H](Oc2nc(Nc3cnn(CC(F)F)c3)nc3[nH]cc(F)c23)C1. The molecule has 170 valence electrons. The van der Waals surface area contributed by atoms with Crippen molar-refractivity contribution >= 4 is 28.6 Å². The molecule has 3 aromatic rings. The van der Waals surface area contributed by atoms with Crippen molar-refractivity contribution in [2.75, 3.05) is 18.4 Å². The number of hydrogen-bond acceptors (Lipinski definition) is 6. The molecule has 13 heteroatoms. The Morgan fingerprint density at radius 2 is 2.25 bits per heavy atom. The van der Waals surface area contributed by atoms with Crippen LogP contribution < -0.4 is 10.1 Å². The molecule has 4 heterocycles. The number of likely N-dealkylation sites (tertiary alicyclic amines) is 1. The molecule has 0 spiro atoms. The first kappa shape index (κ1) is 21.6. The molecule has 1 aliphatic rings. The van der Waals surface area contributed by atoms with E-state index < -0.39 is 31.1 Å². The van der Waals surface area contributed by atoms with E-state index in [2.05, 4.69) is 31.9 Å². The lowest BCUT2D eigenvalue weighted by Gasteiger charge is -2.34. The Morgan fingerprint density at radius 3 is 3.00 bits per heavy atom. The van der Waals surface area contributed by atoms with Gasteiger partial charge in [0.1, 0.15) is 29.9 Å². The van der Waals surface area contributed by atoms with Crippen molar-refractivity contribution in [2.45, 2.75) is 31.7 Å². The van der Waals surface area contributed by atoms with Crippen molar-refractivity contribution in [1.29, 1.82) is 0 Å². The molecule has 3 aromatic heterocycles. The number of aromatic nitrogens is 5. The van der Waals surface area contributed by atoms with E-state index in [9.17, 15) is 22.4 Å².